The van der Waals surface area contributed by atoms with Crippen LogP contribution in [0.25, 0.3) is 0 Å². The maximum absolute atomic E-state index is 2.68. The van der Waals surface area contributed by atoms with Gasteiger partial charge in [-0.3, -0.25) is 0 Å². The van der Waals surface area contributed by atoms with Crippen LogP contribution in [0.15, 0.2) is 11.6 Å². The minimum Gasteiger partial charge on any atom is -0.0819 e. The second-order valence-electron chi connectivity index (χ2n) is 13.4. The van der Waals surface area contributed by atoms with Crippen LogP contribution in [-0.2, 0) is 0 Å². The fraction of sp³-hybridized carbons (Fsp3) is 0.920. The van der Waals surface area contributed by atoms with Gasteiger partial charge in [0.15, 0.2) is 0 Å². The van der Waals surface area contributed by atoms with E-state index in [0.717, 1.165) is 11.8 Å². The average Bonchev–Trinajstić information content (AvgIpc) is 2.29. The zero-order valence-electron chi connectivity index (χ0n) is 19.8. The van der Waals surface area contributed by atoms with Crippen molar-refractivity contribution in [1.29, 1.82) is 0 Å². The summed E-state index contributed by atoms with van der Waals surface area (Å²) < 4.78 is 0. The summed E-state index contributed by atoms with van der Waals surface area (Å²) in [5.41, 5.74) is 3.08. The lowest BCUT2D eigenvalue weighted by molar-refractivity contribution is 0.0328. The summed E-state index contributed by atoms with van der Waals surface area (Å²) in [6.07, 6.45) is 5.34. The van der Waals surface area contributed by atoms with Crippen molar-refractivity contribution in [2.24, 2.45) is 45.3 Å². The Morgan fingerprint density at radius 3 is 1.64 bits per heavy atom. The maximum Gasteiger partial charge on any atom is -0.0124 e. The summed E-state index contributed by atoms with van der Waals surface area (Å²) in [5, 5.41) is 0. The molecule has 4 unspecified atom stereocenters. The molecule has 0 aromatic heterocycles. The Hall–Kier alpha value is -0.260. The van der Waals surface area contributed by atoms with Crippen LogP contribution < -0.4 is 0 Å². The summed E-state index contributed by atoms with van der Waals surface area (Å²) in [4.78, 5) is 0. The van der Waals surface area contributed by atoms with Gasteiger partial charge in [0.05, 0.1) is 0 Å². The van der Waals surface area contributed by atoms with Crippen molar-refractivity contribution in [3.05, 3.63) is 11.6 Å². The van der Waals surface area contributed by atoms with Crippen molar-refractivity contribution in [2.75, 3.05) is 0 Å². The summed E-state index contributed by atoms with van der Waals surface area (Å²) in [6.45, 7) is 31.7. The van der Waals surface area contributed by atoms with Gasteiger partial charge >= 0.3 is 0 Å². The highest BCUT2D eigenvalue weighted by Gasteiger charge is 2.46. The molecule has 0 aromatic carbocycles. The largest absolute Gasteiger partial charge is 0.0819 e. The van der Waals surface area contributed by atoms with Gasteiger partial charge in [-0.05, 0) is 65.1 Å². The van der Waals surface area contributed by atoms with E-state index in [2.05, 4.69) is 96.1 Å². The Balaban J connectivity index is 3.35. The normalized spacial score (nSPS) is 27.9. The molecule has 0 bridgehead atoms. The van der Waals surface area contributed by atoms with Gasteiger partial charge in [-0.1, -0.05) is 94.7 Å². The van der Waals surface area contributed by atoms with Crippen LogP contribution in [0.4, 0.5) is 0 Å². The van der Waals surface area contributed by atoms with Gasteiger partial charge in [0, 0.05) is 0 Å². The van der Waals surface area contributed by atoms with Gasteiger partial charge in [0.25, 0.3) is 0 Å². The number of rotatable bonds is 2. The molecule has 0 aliphatic heterocycles. The first kappa shape index (κ1) is 22.8. The molecule has 4 atom stereocenters. The molecule has 1 aliphatic carbocycles. The molecule has 0 fully saturated rings. The molecule has 0 aromatic rings. The van der Waals surface area contributed by atoms with Crippen LogP contribution in [0, 0.1) is 45.3 Å². The number of allylic oxidation sites excluding steroid dienone is 2. The molecular weight excluding hydrogens is 300 g/mol. The molecule has 1 aliphatic rings. The predicted molar refractivity (Wildman–Crippen MR) is 115 cm³/mol. The lowest BCUT2D eigenvalue weighted by Gasteiger charge is -2.51. The van der Waals surface area contributed by atoms with Crippen LogP contribution in [0.2, 0.25) is 0 Å². The molecular formula is C25H48. The van der Waals surface area contributed by atoms with Crippen LogP contribution >= 0.6 is 0 Å². The third kappa shape index (κ3) is 6.14. The van der Waals surface area contributed by atoms with E-state index in [0.29, 0.717) is 33.5 Å². The van der Waals surface area contributed by atoms with E-state index in [1.165, 1.54) is 12.8 Å². The quantitative estimate of drug-likeness (QED) is 0.439. The molecule has 0 nitrogen and oxygen atoms in total. The molecule has 0 radical (unpaired) electrons. The summed E-state index contributed by atoms with van der Waals surface area (Å²) >= 11 is 0. The van der Waals surface area contributed by atoms with Crippen molar-refractivity contribution < 1.29 is 0 Å². The first-order valence-electron chi connectivity index (χ1n) is 10.5. The third-order valence-electron chi connectivity index (χ3n) is 6.40. The van der Waals surface area contributed by atoms with E-state index in [-0.39, 0.29) is 0 Å². The molecule has 0 heterocycles. The Morgan fingerprint density at radius 2 is 1.32 bits per heavy atom. The van der Waals surface area contributed by atoms with Gasteiger partial charge in [0.1, 0.15) is 0 Å². The van der Waals surface area contributed by atoms with Gasteiger partial charge < -0.3 is 0 Å². The maximum atomic E-state index is 2.68. The van der Waals surface area contributed by atoms with Crippen LogP contribution in [-0.4, -0.2) is 0 Å². The topological polar surface area (TPSA) is 0 Å². The van der Waals surface area contributed by atoms with E-state index in [1.54, 1.807) is 5.57 Å². The lowest BCUT2D eigenvalue weighted by atomic mass is 9.54. The summed E-state index contributed by atoms with van der Waals surface area (Å²) in [6, 6.07) is 0. The monoisotopic (exact) mass is 348 g/mol. The summed E-state index contributed by atoms with van der Waals surface area (Å²) in [7, 11) is 0. The molecule has 0 spiro atoms. The fourth-order valence-electron chi connectivity index (χ4n) is 5.44. The molecule has 25 heavy (non-hydrogen) atoms. The Labute approximate surface area is 160 Å². The Morgan fingerprint density at radius 1 is 0.840 bits per heavy atom. The Kier molecular flexibility index (Phi) is 6.42. The summed E-state index contributed by atoms with van der Waals surface area (Å²) in [5.74, 6) is 2.90. The lowest BCUT2D eigenvalue weighted by Crippen LogP contribution is -2.43. The van der Waals surface area contributed by atoms with Gasteiger partial charge in [0.2, 0.25) is 0 Å². The second kappa shape index (κ2) is 7.05. The van der Waals surface area contributed by atoms with Gasteiger partial charge in [-0.15, -0.1) is 0 Å². The minimum absolute atomic E-state index is 0.338. The van der Waals surface area contributed by atoms with Gasteiger partial charge in [-0.25, -0.2) is 0 Å². The number of hydrogen-bond donors (Lipinski definition) is 0. The van der Waals surface area contributed by atoms with Crippen molar-refractivity contribution >= 4 is 0 Å². The highest BCUT2D eigenvalue weighted by molar-refractivity contribution is 5.18. The molecule has 0 amide bonds. The highest BCUT2D eigenvalue weighted by Crippen LogP contribution is 2.54. The third-order valence-corrected chi connectivity index (χ3v) is 6.40. The van der Waals surface area contributed by atoms with Crippen molar-refractivity contribution in [2.45, 2.75) is 103 Å². The van der Waals surface area contributed by atoms with E-state index in [1.807, 2.05) is 0 Å². The molecule has 0 saturated carbocycles. The standard InChI is InChI=1S/C25H48/c1-17-14-18(20(24(8,9)10)16-22(2,3)4)15-19(23(5,6)7)21(17)25(11,12)13/h14,18-21H,15-16H2,1-13H3. The molecule has 0 heteroatoms. The predicted octanol–water partition coefficient (Wildman–Crippen LogP) is 8.38. The first-order valence-corrected chi connectivity index (χ1v) is 10.5. The number of hydrogen-bond acceptors (Lipinski definition) is 0. The molecule has 0 saturated heterocycles. The zero-order valence-corrected chi connectivity index (χ0v) is 19.8. The van der Waals surface area contributed by atoms with E-state index >= 15 is 0 Å². The fourth-order valence-corrected chi connectivity index (χ4v) is 5.44. The van der Waals surface area contributed by atoms with Crippen LogP contribution in [0.3, 0.4) is 0 Å². The minimum atomic E-state index is 0.338. The Bertz CT molecular complexity index is 464. The zero-order chi connectivity index (χ0) is 20.0. The van der Waals surface area contributed by atoms with Crippen molar-refractivity contribution in [3.8, 4) is 0 Å². The highest BCUT2D eigenvalue weighted by atomic mass is 14.5. The smallest absolute Gasteiger partial charge is 0.0124 e. The first-order chi connectivity index (χ1) is 10.8. The SMILES string of the molecule is CC1=CC(C(CC(C)(C)C)C(C)(C)C)CC(C(C)(C)C)C1C(C)(C)C. The second-order valence-corrected chi connectivity index (χ2v) is 13.4. The average molecular weight is 349 g/mol. The van der Waals surface area contributed by atoms with Gasteiger partial charge in [-0.2, -0.15) is 0 Å². The molecule has 1 rings (SSSR count). The van der Waals surface area contributed by atoms with Crippen LogP contribution in [0.5, 0.6) is 0 Å². The molecule has 148 valence electrons. The molecule has 0 N–H and O–H groups in total. The van der Waals surface area contributed by atoms with Crippen molar-refractivity contribution in [3.63, 3.8) is 0 Å². The van der Waals surface area contributed by atoms with Crippen molar-refractivity contribution in [1.82, 2.24) is 0 Å². The van der Waals surface area contributed by atoms with E-state index in [4.69, 9.17) is 0 Å². The van der Waals surface area contributed by atoms with Crippen LogP contribution in [0.1, 0.15) is 103 Å². The van der Waals surface area contributed by atoms with E-state index < -0.39 is 0 Å². The van der Waals surface area contributed by atoms with E-state index in [9.17, 15) is 0 Å².